The number of amides is 1. The normalized spacial score (nSPS) is 10.2. The van der Waals surface area contributed by atoms with Crippen molar-refractivity contribution < 1.29 is 18.3 Å². The molecule has 2 aromatic rings. The number of anilines is 2. The number of hydrogen-bond acceptors (Lipinski definition) is 3. The van der Waals surface area contributed by atoms with E-state index in [9.17, 15) is 13.6 Å². The molecule has 0 fully saturated rings. The van der Waals surface area contributed by atoms with Crippen molar-refractivity contribution in [3.8, 4) is 5.75 Å². The summed E-state index contributed by atoms with van der Waals surface area (Å²) >= 11 is 0. The highest BCUT2D eigenvalue weighted by Gasteiger charge is 2.14. The smallest absolute Gasteiger partial charge is 0.258 e. The number of nitrogen functional groups attached to an aromatic ring is 1. The minimum absolute atomic E-state index is 0.259. The van der Waals surface area contributed by atoms with E-state index >= 15 is 0 Å². The van der Waals surface area contributed by atoms with Gasteiger partial charge in [-0.25, -0.2) is 8.78 Å². The van der Waals surface area contributed by atoms with E-state index in [0.29, 0.717) is 11.4 Å². The molecule has 0 aliphatic rings. The quantitative estimate of drug-likeness (QED) is 0.848. The predicted molar refractivity (Wildman–Crippen MR) is 71.7 cm³/mol. The van der Waals surface area contributed by atoms with Gasteiger partial charge in [0.05, 0.1) is 24.0 Å². The van der Waals surface area contributed by atoms with E-state index in [4.69, 9.17) is 10.5 Å². The number of carbonyl (C=O) groups excluding carboxylic acids is 1. The Bertz CT molecular complexity index is 660. The molecule has 0 spiro atoms. The number of halogens is 2. The van der Waals surface area contributed by atoms with Gasteiger partial charge in [-0.2, -0.15) is 0 Å². The monoisotopic (exact) mass is 278 g/mol. The molecule has 0 heterocycles. The van der Waals surface area contributed by atoms with Crippen LogP contribution in [0.25, 0.3) is 0 Å². The maximum absolute atomic E-state index is 13.5. The number of nitrogens with one attached hydrogen (secondary N) is 1. The average molecular weight is 278 g/mol. The summed E-state index contributed by atoms with van der Waals surface area (Å²) in [7, 11) is 1.48. The molecule has 1 amide bonds. The summed E-state index contributed by atoms with van der Waals surface area (Å²) < 4.78 is 31.5. The van der Waals surface area contributed by atoms with E-state index in [1.807, 2.05) is 0 Å². The van der Waals surface area contributed by atoms with Gasteiger partial charge in [-0.3, -0.25) is 4.79 Å². The van der Waals surface area contributed by atoms with Crippen LogP contribution in [-0.2, 0) is 0 Å². The molecule has 0 saturated heterocycles. The first-order valence-corrected chi connectivity index (χ1v) is 5.71. The summed E-state index contributed by atoms with van der Waals surface area (Å²) in [6, 6.07) is 7.27. The van der Waals surface area contributed by atoms with E-state index in [0.717, 1.165) is 18.2 Å². The van der Waals surface area contributed by atoms with Crippen molar-refractivity contribution in [1.82, 2.24) is 0 Å². The molecule has 0 aliphatic carbocycles. The zero-order valence-electron chi connectivity index (χ0n) is 10.6. The van der Waals surface area contributed by atoms with Crippen molar-refractivity contribution >= 4 is 17.3 Å². The average Bonchev–Trinajstić information content (AvgIpc) is 2.43. The van der Waals surface area contributed by atoms with Crippen molar-refractivity contribution in [2.45, 2.75) is 0 Å². The van der Waals surface area contributed by atoms with E-state index in [-0.39, 0.29) is 11.3 Å². The van der Waals surface area contributed by atoms with E-state index in [1.165, 1.54) is 19.2 Å². The summed E-state index contributed by atoms with van der Waals surface area (Å²) in [5.41, 5.74) is 5.89. The lowest BCUT2D eigenvalue weighted by molar-refractivity contribution is 0.102. The van der Waals surface area contributed by atoms with Gasteiger partial charge >= 0.3 is 0 Å². The highest BCUT2D eigenvalue weighted by molar-refractivity contribution is 6.06. The highest BCUT2D eigenvalue weighted by Crippen LogP contribution is 2.24. The third-order valence-electron chi connectivity index (χ3n) is 2.68. The van der Waals surface area contributed by atoms with Crippen molar-refractivity contribution in [3.05, 3.63) is 53.6 Å². The Morgan fingerprint density at radius 3 is 2.60 bits per heavy atom. The molecule has 0 atom stereocenters. The zero-order valence-corrected chi connectivity index (χ0v) is 10.6. The number of benzene rings is 2. The number of methoxy groups -OCH3 is 1. The van der Waals surface area contributed by atoms with Gasteiger partial charge < -0.3 is 15.8 Å². The number of ether oxygens (including phenoxy) is 1. The van der Waals surface area contributed by atoms with Gasteiger partial charge in [0.15, 0.2) is 0 Å². The third kappa shape index (κ3) is 2.85. The first-order valence-electron chi connectivity index (χ1n) is 5.71. The number of hydrogen-bond donors (Lipinski definition) is 2. The van der Waals surface area contributed by atoms with Gasteiger partial charge in [-0.1, -0.05) is 0 Å². The van der Waals surface area contributed by atoms with Crippen molar-refractivity contribution in [2.75, 3.05) is 18.2 Å². The molecule has 0 bridgehead atoms. The minimum atomic E-state index is -0.809. The van der Waals surface area contributed by atoms with Crippen LogP contribution in [0.1, 0.15) is 10.4 Å². The van der Waals surface area contributed by atoms with Crippen LogP contribution in [0.5, 0.6) is 5.75 Å². The predicted octanol–water partition coefficient (Wildman–Crippen LogP) is 2.81. The van der Waals surface area contributed by atoms with Gasteiger partial charge in [0.2, 0.25) is 0 Å². The SMILES string of the molecule is COc1ccc(NC(=O)c2cc(F)ccc2F)c(N)c1. The molecular formula is C14H12F2N2O2. The molecule has 0 unspecified atom stereocenters. The van der Waals surface area contributed by atoms with E-state index < -0.39 is 17.5 Å². The molecule has 20 heavy (non-hydrogen) atoms. The van der Waals surface area contributed by atoms with Crippen LogP contribution in [0, 0.1) is 11.6 Å². The van der Waals surface area contributed by atoms with Crippen LogP contribution in [0.2, 0.25) is 0 Å². The minimum Gasteiger partial charge on any atom is -0.497 e. The Kier molecular flexibility index (Phi) is 3.84. The molecule has 0 saturated carbocycles. The third-order valence-corrected chi connectivity index (χ3v) is 2.68. The molecule has 104 valence electrons. The molecule has 0 radical (unpaired) electrons. The fraction of sp³-hybridized carbons (Fsp3) is 0.0714. The van der Waals surface area contributed by atoms with Crippen LogP contribution < -0.4 is 15.8 Å². The second-order valence-corrected chi connectivity index (χ2v) is 4.03. The molecule has 0 aromatic heterocycles. The second-order valence-electron chi connectivity index (χ2n) is 4.03. The molecular weight excluding hydrogens is 266 g/mol. The van der Waals surface area contributed by atoms with Crippen LogP contribution in [0.15, 0.2) is 36.4 Å². The lowest BCUT2D eigenvalue weighted by Gasteiger charge is -2.10. The largest absolute Gasteiger partial charge is 0.497 e. The second kappa shape index (κ2) is 5.56. The van der Waals surface area contributed by atoms with Gasteiger partial charge in [0.1, 0.15) is 17.4 Å². The zero-order chi connectivity index (χ0) is 14.7. The highest BCUT2D eigenvalue weighted by atomic mass is 19.1. The van der Waals surface area contributed by atoms with Crippen LogP contribution >= 0.6 is 0 Å². The van der Waals surface area contributed by atoms with Crippen LogP contribution in [0.4, 0.5) is 20.2 Å². The Hall–Kier alpha value is -2.63. The lowest BCUT2D eigenvalue weighted by Crippen LogP contribution is -2.15. The Morgan fingerprint density at radius 1 is 1.20 bits per heavy atom. The molecule has 3 N–H and O–H groups in total. The summed E-state index contributed by atoms with van der Waals surface area (Å²) in [5.74, 6) is -1.76. The van der Waals surface area contributed by atoms with Crippen molar-refractivity contribution in [1.29, 1.82) is 0 Å². The molecule has 6 heteroatoms. The first-order chi connectivity index (χ1) is 9.51. The van der Waals surface area contributed by atoms with E-state index in [1.54, 1.807) is 6.07 Å². The molecule has 4 nitrogen and oxygen atoms in total. The van der Waals surface area contributed by atoms with Crippen molar-refractivity contribution in [2.24, 2.45) is 0 Å². The fourth-order valence-electron chi connectivity index (χ4n) is 1.64. The van der Waals surface area contributed by atoms with Gasteiger partial charge in [-0.15, -0.1) is 0 Å². The fourth-order valence-corrected chi connectivity index (χ4v) is 1.64. The number of carbonyl (C=O) groups is 1. The molecule has 2 rings (SSSR count). The Balaban J connectivity index is 2.25. The summed E-state index contributed by atoms with van der Waals surface area (Å²) in [5, 5.41) is 2.42. The van der Waals surface area contributed by atoms with Gasteiger partial charge in [0, 0.05) is 6.07 Å². The number of rotatable bonds is 3. The lowest BCUT2D eigenvalue weighted by atomic mass is 10.1. The van der Waals surface area contributed by atoms with Crippen molar-refractivity contribution in [3.63, 3.8) is 0 Å². The molecule has 0 aliphatic heterocycles. The van der Waals surface area contributed by atoms with E-state index in [2.05, 4.69) is 5.32 Å². The summed E-state index contributed by atoms with van der Waals surface area (Å²) in [4.78, 5) is 11.9. The molecule has 2 aromatic carbocycles. The Morgan fingerprint density at radius 2 is 1.95 bits per heavy atom. The maximum atomic E-state index is 13.5. The van der Waals surface area contributed by atoms with Gasteiger partial charge in [-0.05, 0) is 30.3 Å². The summed E-state index contributed by atoms with van der Waals surface area (Å²) in [6.45, 7) is 0. The standard InChI is InChI=1S/C14H12F2N2O2/c1-20-9-3-5-13(12(17)7-9)18-14(19)10-6-8(15)2-4-11(10)16/h2-7H,17H2,1H3,(H,18,19). The topological polar surface area (TPSA) is 64.3 Å². The first kappa shape index (κ1) is 13.8. The summed E-state index contributed by atoms with van der Waals surface area (Å²) in [6.07, 6.45) is 0. The Labute approximate surface area is 114 Å². The van der Waals surface area contributed by atoms with Crippen LogP contribution in [-0.4, -0.2) is 13.0 Å². The number of nitrogens with two attached hydrogens (primary N) is 1. The maximum Gasteiger partial charge on any atom is 0.258 e. The van der Waals surface area contributed by atoms with Gasteiger partial charge in [0.25, 0.3) is 5.91 Å². The van der Waals surface area contributed by atoms with Crippen LogP contribution in [0.3, 0.4) is 0 Å².